The Morgan fingerprint density at radius 2 is 2.07 bits per heavy atom. The highest BCUT2D eigenvalue weighted by molar-refractivity contribution is 7.99. The number of anilines is 1. The van der Waals surface area contributed by atoms with Crippen LogP contribution in [0.3, 0.4) is 0 Å². The van der Waals surface area contributed by atoms with Crippen molar-refractivity contribution in [2.45, 2.75) is 13.0 Å². The molecule has 15 heavy (non-hydrogen) atoms. The molecule has 0 aromatic carbocycles. The van der Waals surface area contributed by atoms with Crippen LogP contribution < -0.4 is 10.6 Å². The molecule has 0 spiro atoms. The highest BCUT2D eigenvalue weighted by Crippen LogP contribution is 2.14. The highest BCUT2D eigenvalue weighted by Gasteiger charge is 2.11. The molecule has 1 fully saturated rings. The molecule has 0 saturated carbocycles. The number of hydrogen-bond acceptors (Lipinski definition) is 5. The Balaban J connectivity index is 2.06. The average molecular weight is 224 g/mol. The van der Waals surface area contributed by atoms with E-state index in [4.69, 9.17) is 5.73 Å². The van der Waals surface area contributed by atoms with E-state index in [2.05, 4.69) is 14.9 Å². The Hall–Kier alpha value is -0.810. The van der Waals surface area contributed by atoms with Gasteiger partial charge in [0.1, 0.15) is 0 Å². The Morgan fingerprint density at radius 3 is 2.80 bits per heavy atom. The molecule has 1 aliphatic heterocycles. The van der Waals surface area contributed by atoms with Crippen LogP contribution in [-0.2, 0) is 6.54 Å². The van der Waals surface area contributed by atoms with E-state index in [0.717, 1.165) is 24.6 Å². The zero-order valence-electron chi connectivity index (χ0n) is 8.72. The predicted molar refractivity (Wildman–Crippen MR) is 64.1 cm³/mol. The van der Waals surface area contributed by atoms with E-state index < -0.39 is 0 Å². The lowest BCUT2D eigenvalue weighted by Crippen LogP contribution is -2.27. The molecular formula is C10H16N4S. The molecule has 2 heterocycles. The van der Waals surface area contributed by atoms with E-state index in [1.54, 1.807) is 0 Å². The molecule has 0 unspecified atom stereocenters. The summed E-state index contributed by atoms with van der Waals surface area (Å²) in [6.45, 7) is 2.62. The summed E-state index contributed by atoms with van der Waals surface area (Å²) in [5.74, 6) is 3.26. The van der Waals surface area contributed by atoms with Gasteiger partial charge < -0.3 is 10.6 Å². The van der Waals surface area contributed by atoms with Gasteiger partial charge in [-0.25, -0.2) is 9.97 Å². The highest BCUT2D eigenvalue weighted by atomic mass is 32.2. The predicted octanol–water partition coefficient (Wildman–Crippen LogP) is 0.879. The monoisotopic (exact) mass is 224 g/mol. The van der Waals surface area contributed by atoms with Crippen LogP contribution in [0.2, 0.25) is 0 Å². The second-order valence-corrected chi connectivity index (χ2v) is 4.77. The Bertz CT molecular complexity index is 293. The van der Waals surface area contributed by atoms with Crippen LogP contribution in [0.1, 0.15) is 12.0 Å². The Kier molecular flexibility index (Phi) is 3.80. The third-order valence-electron chi connectivity index (χ3n) is 2.43. The van der Waals surface area contributed by atoms with Crippen molar-refractivity contribution in [1.82, 2.24) is 9.97 Å². The zero-order chi connectivity index (χ0) is 10.5. The fourth-order valence-corrected chi connectivity index (χ4v) is 2.45. The van der Waals surface area contributed by atoms with Crippen molar-refractivity contribution in [3.05, 3.63) is 18.0 Å². The molecule has 5 heteroatoms. The molecule has 4 nitrogen and oxygen atoms in total. The van der Waals surface area contributed by atoms with E-state index in [1.165, 1.54) is 17.9 Å². The summed E-state index contributed by atoms with van der Waals surface area (Å²) < 4.78 is 0. The lowest BCUT2D eigenvalue weighted by atomic mass is 10.3. The first-order chi connectivity index (χ1) is 7.40. The standard InChI is InChI=1S/C10H16N4S/c11-6-9-7-12-10(13-8-9)14-2-1-4-15-5-3-14/h7-8H,1-6,11H2. The van der Waals surface area contributed by atoms with Crippen LogP contribution in [0.25, 0.3) is 0 Å². The molecule has 2 N–H and O–H groups in total. The molecule has 1 saturated heterocycles. The molecule has 2 rings (SSSR count). The molecule has 0 radical (unpaired) electrons. The maximum atomic E-state index is 5.51. The van der Waals surface area contributed by atoms with Crippen molar-refractivity contribution >= 4 is 17.7 Å². The van der Waals surface area contributed by atoms with E-state index in [9.17, 15) is 0 Å². The number of nitrogens with zero attached hydrogens (tertiary/aromatic N) is 3. The van der Waals surface area contributed by atoms with Gasteiger partial charge in [-0.2, -0.15) is 11.8 Å². The van der Waals surface area contributed by atoms with Crippen molar-refractivity contribution in [3.63, 3.8) is 0 Å². The van der Waals surface area contributed by atoms with Crippen LogP contribution in [-0.4, -0.2) is 34.6 Å². The van der Waals surface area contributed by atoms with Crippen LogP contribution >= 0.6 is 11.8 Å². The minimum absolute atomic E-state index is 0.510. The van der Waals surface area contributed by atoms with Gasteiger partial charge in [0.2, 0.25) is 5.95 Å². The third kappa shape index (κ3) is 2.82. The number of rotatable bonds is 2. The van der Waals surface area contributed by atoms with Crippen molar-refractivity contribution in [1.29, 1.82) is 0 Å². The normalized spacial score (nSPS) is 17.5. The molecule has 1 aliphatic rings. The molecule has 1 aromatic rings. The average Bonchev–Trinajstić information content (AvgIpc) is 2.58. The molecule has 0 aliphatic carbocycles. The van der Waals surface area contributed by atoms with Gasteiger partial charge in [0.25, 0.3) is 0 Å². The maximum Gasteiger partial charge on any atom is 0.225 e. The lowest BCUT2D eigenvalue weighted by Gasteiger charge is -2.19. The Morgan fingerprint density at radius 1 is 1.27 bits per heavy atom. The Labute approximate surface area is 94.3 Å². The van der Waals surface area contributed by atoms with E-state index in [1.807, 2.05) is 24.2 Å². The van der Waals surface area contributed by atoms with Gasteiger partial charge in [0, 0.05) is 43.3 Å². The van der Waals surface area contributed by atoms with E-state index >= 15 is 0 Å². The third-order valence-corrected chi connectivity index (χ3v) is 3.48. The van der Waals surface area contributed by atoms with Gasteiger partial charge in [-0.1, -0.05) is 0 Å². The SMILES string of the molecule is NCc1cnc(N2CCCSCC2)nc1. The minimum Gasteiger partial charge on any atom is -0.340 e. The number of hydrogen-bond donors (Lipinski definition) is 1. The van der Waals surface area contributed by atoms with Crippen molar-refractivity contribution in [2.75, 3.05) is 29.5 Å². The second-order valence-electron chi connectivity index (χ2n) is 3.55. The summed E-state index contributed by atoms with van der Waals surface area (Å²) in [6, 6.07) is 0. The van der Waals surface area contributed by atoms with Gasteiger partial charge in [0.15, 0.2) is 0 Å². The summed E-state index contributed by atoms with van der Waals surface area (Å²) in [7, 11) is 0. The van der Waals surface area contributed by atoms with Crippen molar-refractivity contribution in [3.8, 4) is 0 Å². The summed E-state index contributed by atoms with van der Waals surface area (Å²) in [5, 5.41) is 0. The van der Waals surface area contributed by atoms with Crippen LogP contribution in [0.15, 0.2) is 12.4 Å². The van der Waals surface area contributed by atoms with Crippen molar-refractivity contribution in [2.24, 2.45) is 5.73 Å². The largest absolute Gasteiger partial charge is 0.340 e. The van der Waals surface area contributed by atoms with Crippen molar-refractivity contribution < 1.29 is 0 Å². The molecule has 1 aromatic heterocycles. The maximum absolute atomic E-state index is 5.51. The first-order valence-corrected chi connectivity index (χ1v) is 6.39. The summed E-state index contributed by atoms with van der Waals surface area (Å²) in [5.41, 5.74) is 6.50. The molecular weight excluding hydrogens is 208 g/mol. The van der Waals surface area contributed by atoms with Gasteiger partial charge in [0.05, 0.1) is 0 Å². The van der Waals surface area contributed by atoms with Crippen LogP contribution in [0.4, 0.5) is 5.95 Å². The summed E-state index contributed by atoms with van der Waals surface area (Å²) in [6.07, 6.45) is 4.85. The summed E-state index contributed by atoms with van der Waals surface area (Å²) >= 11 is 2.00. The zero-order valence-corrected chi connectivity index (χ0v) is 9.54. The van der Waals surface area contributed by atoms with Gasteiger partial charge in [-0.15, -0.1) is 0 Å². The number of thioether (sulfide) groups is 1. The number of nitrogens with two attached hydrogens (primary N) is 1. The fourth-order valence-electron chi connectivity index (χ4n) is 1.56. The first-order valence-electron chi connectivity index (χ1n) is 5.24. The molecule has 0 atom stereocenters. The van der Waals surface area contributed by atoms with E-state index in [-0.39, 0.29) is 0 Å². The lowest BCUT2D eigenvalue weighted by molar-refractivity contribution is 0.779. The van der Waals surface area contributed by atoms with E-state index in [0.29, 0.717) is 6.54 Å². The van der Waals surface area contributed by atoms with Crippen LogP contribution in [0, 0.1) is 0 Å². The van der Waals surface area contributed by atoms with Gasteiger partial charge >= 0.3 is 0 Å². The van der Waals surface area contributed by atoms with Crippen LogP contribution in [0.5, 0.6) is 0 Å². The second kappa shape index (κ2) is 5.32. The minimum atomic E-state index is 0.510. The smallest absolute Gasteiger partial charge is 0.225 e. The van der Waals surface area contributed by atoms with Gasteiger partial charge in [-0.3, -0.25) is 0 Å². The topological polar surface area (TPSA) is 55.0 Å². The molecule has 0 amide bonds. The quantitative estimate of drug-likeness (QED) is 0.808. The molecule has 82 valence electrons. The first kappa shape index (κ1) is 10.7. The fraction of sp³-hybridized carbons (Fsp3) is 0.600. The summed E-state index contributed by atoms with van der Waals surface area (Å²) in [4.78, 5) is 10.9. The number of aromatic nitrogens is 2. The molecule has 0 bridgehead atoms. The van der Waals surface area contributed by atoms with Gasteiger partial charge in [-0.05, 0) is 12.2 Å².